The second-order valence-corrected chi connectivity index (χ2v) is 4.21. The molecule has 0 aliphatic rings. The summed E-state index contributed by atoms with van der Waals surface area (Å²) in [6, 6.07) is 5.07. The number of carbonyl (C=O) groups is 1. The van der Waals surface area contributed by atoms with Crippen molar-refractivity contribution in [2.24, 2.45) is 0 Å². The van der Waals surface area contributed by atoms with Gasteiger partial charge in [0.15, 0.2) is 0 Å². The number of carboxylic acid groups (broad SMARTS) is 1. The molecule has 6 heteroatoms. The van der Waals surface area contributed by atoms with Crippen LogP contribution in [0.25, 0.3) is 0 Å². The lowest BCUT2D eigenvalue weighted by atomic mass is 10.2. The largest absolute Gasteiger partial charge is 0.477 e. The second kappa shape index (κ2) is 5.24. The molecule has 0 amide bonds. The molecule has 2 aromatic rings. The van der Waals surface area contributed by atoms with E-state index in [4.69, 9.17) is 21.4 Å². The molecule has 4 nitrogen and oxygen atoms in total. The van der Waals surface area contributed by atoms with Crippen LogP contribution >= 0.6 is 11.6 Å². The van der Waals surface area contributed by atoms with Gasteiger partial charge in [0.1, 0.15) is 22.9 Å². The molecule has 19 heavy (non-hydrogen) atoms. The third-order valence-corrected chi connectivity index (χ3v) is 2.64. The molecule has 0 spiro atoms. The number of ether oxygens (including phenoxy) is 1. The van der Waals surface area contributed by atoms with Gasteiger partial charge < -0.3 is 9.84 Å². The summed E-state index contributed by atoms with van der Waals surface area (Å²) in [4.78, 5) is 14.9. The zero-order chi connectivity index (χ0) is 14.0. The summed E-state index contributed by atoms with van der Waals surface area (Å²) in [5.41, 5.74) is 0.504. The molecule has 0 unspecified atom stereocenters. The Bertz CT molecular complexity index is 646. The number of benzene rings is 1. The fourth-order valence-electron chi connectivity index (χ4n) is 1.46. The molecule has 0 bridgehead atoms. The summed E-state index contributed by atoms with van der Waals surface area (Å²) in [5, 5.41) is 9.10. The van der Waals surface area contributed by atoms with E-state index in [1.54, 1.807) is 6.92 Å². The monoisotopic (exact) mass is 281 g/mol. The third-order valence-electron chi connectivity index (χ3n) is 2.35. The number of hydrogen-bond donors (Lipinski definition) is 1. The molecule has 0 aliphatic heterocycles. The van der Waals surface area contributed by atoms with Crippen molar-refractivity contribution in [3.8, 4) is 11.5 Å². The Morgan fingerprint density at radius 2 is 2.11 bits per heavy atom. The maximum atomic E-state index is 12.9. The Morgan fingerprint density at radius 3 is 2.74 bits per heavy atom. The Hall–Kier alpha value is -2.14. The van der Waals surface area contributed by atoms with Gasteiger partial charge in [0.25, 0.3) is 0 Å². The van der Waals surface area contributed by atoms with E-state index in [0.29, 0.717) is 5.69 Å². The molecule has 1 N–H and O–H groups in total. The van der Waals surface area contributed by atoms with Gasteiger partial charge in [0.2, 0.25) is 0 Å². The fraction of sp³-hybridized carbons (Fsp3) is 0.0769. The van der Waals surface area contributed by atoms with Crippen LogP contribution < -0.4 is 4.74 Å². The van der Waals surface area contributed by atoms with Gasteiger partial charge >= 0.3 is 5.97 Å². The lowest BCUT2D eigenvalue weighted by molar-refractivity contribution is 0.0693. The fourth-order valence-corrected chi connectivity index (χ4v) is 1.66. The van der Waals surface area contributed by atoms with E-state index >= 15 is 0 Å². The van der Waals surface area contributed by atoms with Crippen LogP contribution in [0.15, 0.2) is 30.5 Å². The highest BCUT2D eigenvalue weighted by molar-refractivity contribution is 6.32. The van der Waals surface area contributed by atoms with E-state index in [2.05, 4.69) is 4.98 Å². The maximum absolute atomic E-state index is 12.9. The summed E-state index contributed by atoms with van der Waals surface area (Å²) in [6.07, 6.45) is 1.20. The minimum absolute atomic E-state index is 0.0609. The van der Waals surface area contributed by atoms with Crippen molar-refractivity contribution in [3.63, 3.8) is 0 Å². The number of halogens is 2. The number of aromatic carboxylic acids is 1. The molecule has 1 heterocycles. The van der Waals surface area contributed by atoms with Gasteiger partial charge in [-0.25, -0.2) is 9.18 Å². The zero-order valence-corrected chi connectivity index (χ0v) is 10.6. The predicted molar refractivity (Wildman–Crippen MR) is 67.4 cm³/mol. The molecule has 2 rings (SSSR count). The number of pyridine rings is 1. The van der Waals surface area contributed by atoms with Crippen molar-refractivity contribution in [2.45, 2.75) is 6.92 Å². The van der Waals surface area contributed by atoms with Gasteiger partial charge in [-0.2, -0.15) is 0 Å². The average Bonchev–Trinajstić information content (AvgIpc) is 2.32. The normalized spacial score (nSPS) is 10.3. The van der Waals surface area contributed by atoms with E-state index in [9.17, 15) is 9.18 Å². The SMILES string of the molecule is Cc1cc(Oc2ccc(F)cc2Cl)c(C(=O)O)cn1. The smallest absolute Gasteiger partial charge is 0.341 e. The Labute approximate surface area is 113 Å². The van der Waals surface area contributed by atoms with Crippen molar-refractivity contribution in [3.05, 3.63) is 52.6 Å². The summed E-state index contributed by atoms with van der Waals surface area (Å²) in [7, 11) is 0. The lowest BCUT2D eigenvalue weighted by Gasteiger charge is -2.10. The molecule has 0 saturated carbocycles. The highest BCUT2D eigenvalue weighted by Crippen LogP contribution is 2.31. The number of aromatic nitrogens is 1. The first-order valence-corrected chi connectivity index (χ1v) is 5.68. The first-order chi connectivity index (χ1) is 8.97. The van der Waals surface area contributed by atoms with E-state index in [0.717, 1.165) is 6.07 Å². The van der Waals surface area contributed by atoms with Crippen LogP contribution in [-0.4, -0.2) is 16.1 Å². The third kappa shape index (κ3) is 3.00. The van der Waals surface area contributed by atoms with Gasteiger partial charge in [0.05, 0.1) is 5.02 Å². The predicted octanol–water partition coefficient (Wildman–Crippen LogP) is 3.67. The zero-order valence-electron chi connectivity index (χ0n) is 9.85. The van der Waals surface area contributed by atoms with Crippen molar-refractivity contribution in [2.75, 3.05) is 0 Å². The molecule has 98 valence electrons. The number of rotatable bonds is 3. The highest BCUT2D eigenvalue weighted by atomic mass is 35.5. The molecular weight excluding hydrogens is 273 g/mol. The molecule has 0 atom stereocenters. The first kappa shape index (κ1) is 13.3. The number of hydrogen-bond acceptors (Lipinski definition) is 3. The average molecular weight is 282 g/mol. The standard InChI is InChI=1S/C13H9ClFNO3/c1-7-4-12(9(6-16-7)13(17)18)19-11-3-2-8(15)5-10(11)14/h2-6H,1H3,(H,17,18). The molecule has 1 aromatic heterocycles. The lowest BCUT2D eigenvalue weighted by Crippen LogP contribution is -2.02. The van der Waals surface area contributed by atoms with Gasteiger partial charge in [-0.1, -0.05) is 11.6 Å². The van der Waals surface area contributed by atoms with Crippen molar-refractivity contribution in [1.82, 2.24) is 4.98 Å². The van der Waals surface area contributed by atoms with E-state index in [1.165, 1.54) is 24.4 Å². The van der Waals surface area contributed by atoms with Crippen LogP contribution in [0.3, 0.4) is 0 Å². The van der Waals surface area contributed by atoms with Crippen LogP contribution in [0, 0.1) is 12.7 Å². The quantitative estimate of drug-likeness (QED) is 0.932. The molecule has 0 radical (unpaired) electrons. The molecule has 0 fully saturated rings. The van der Waals surface area contributed by atoms with Crippen LogP contribution in [-0.2, 0) is 0 Å². The van der Waals surface area contributed by atoms with Crippen LogP contribution in [0.2, 0.25) is 5.02 Å². The van der Waals surface area contributed by atoms with Crippen molar-refractivity contribution >= 4 is 17.6 Å². The van der Waals surface area contributed by atoms with Crippen molar-refractivity contribution < 1.29 is 19.0 Å². The first-order valence-electron chi connectivity index (χ1n) is 5.30. The van der Waals surface area contributed by atoms with E-state index < -0.39 is 11.8 Å². The summed E-state index contributed by atoms with van der Waals surface area (Å²) >= 11 is 5.82. The Balaban J connectivity index is 2.42. The number of aryl methyl sites for hydroxylation is 1. The van der Waals surface area contributed by atoms with E-state index in [-0.39, 0.29) is 22.1 Å². The molecular formula is C13H9ClFNO3. The number of nitrogens with zero attached hydrogens (tertiary/aromatic N) is 1. The molecule has 1 aromatic carbocycles. The second-order valence-electron chi connectivity index (χ2n) is 3.80. The maximum Gasteiger partial charge on any atom is 0.341 e. The van der Waals surface area contributed by atoms with Gasteiger partial charge in [0, 0.05) is 18.0 Å². The molecule has 0 saturated heterocycles. The van der Waals surface area contributed by atoms with Crippen LogP contribution in [0.4, 0.5) is 4.39 Å². The van der Waals surface area contributed by atoms with Crippen LogP contribution in [0.5, 0.6) is 11.5 Å². The van der Waals surface area contributed by atoms with Crippen LogP contribution in [0.1, 0.15) is 16.1 Å². The molecule has 0 aliphatic carbocycles. The van der Waals surface area contributed by atoms with Gasteiger partial charge in [-0.15, -0.1) is 0 Å². The minimum atomic E-state index is -1.17. The summed E-state index contributed by atoms with van der Waals surface area (Å²) in [6.45, 7) is 1.70. The van der Waals surface area contributed by atoms with Crippen molar-refractivity contribution in [1.29, 1.82) is 0 Å². The topological polar surface area (TPSA) is 59.4 Å². The summed E-state index contributed by atoms with van der Waals surface area (Å²) < 4.78 is 18.3. The highest BCUT2D eigenvalue weighted by Gasteiger charge is 2.14. The van der Waals surface area contributed by atoms with Gasteiger partial charge in [-0.3, -0.25) is 4.98 Å². The van der Waals surface area contributed by atoms with E-state index in [1.807, 2.05) is 0 Å². The minimum Gasteiger partial charge on any atom is -0.477 e. The number of carboxylic acids is 1. The Morgan fingerprint density at radius 1 is 1.37 bits per heavy atom. The summed E-state index contributed by atoms with van der Waals surface area (Å²) in [5.74, 6) is -1.38. The Kier molecular flexibility index (Phi) is 3.66. The van der Waals surface area contributed by atoms with Gasteiger partial charge in [-0.05, 0) is 25.1 Å².